The molecule has 15 heteroatoms. The van der Waals surface area contributed by atoms with Crippen LogP contribution in [0.1, 0.15) is 37.8 Å². The normalized spacial score (nSPS) is 19.1. The van der Waals surface area contributed by atoms with Gasteiger partial charge in [0.1, 0.15) is 16.5 Å². The molecule has 4 rings (SSSR count). The van der Waals surface area contributed by atoms with Crippen molar-refractivity contribution in [1.29, 1.82) is 0 Å². The van der Waals surface area contributed by atoms with Gasteiger partial charge in [-0.3, -0.25) is 0 Å². The number of nitrogens with zero attached hydrogens (tertiary/aromatic N) is 1. The standard InChI is InChI=1S/C22H22F4N2O7S2/c1-21(2)14-4-3-12(23)9-17(14)36(31,32)18-11-19(16(10-15(18)21)35-22(24,25)26)37(33,34)27-13-5-7-28(8-6-13)20(29)30/h3-4,9-11,13,27H,5-8H2,1-2H3,(H,29,30). The Kier molecular flexibility index (Phi) is 6.48. The molecule has 202 valence electrons. The molecular weight excluding hydrogens is 544 g/mol. The molecule has 2 heterocycles. The largest absolute Gasteiger partial charge is 0.573 e. The van der Waals surface area contributed by atoms with E-state index in [2.05, 4.69) is 9.46 Å². The predicted octanol–water partition coefficient (Wildman–Crippen LogP) is 3.62. The minimum absolute atomic E-state index is 0.0104. The molecule has 1 amide bonds. The van der Waals surface area contributed by atoms with Gasteiger partial charge in [-0.25, -0.2) is 30.7 Å². The van der Waals surface area contributed by atoms with Gasteiger partial charge in [-0.05, 0) is 48.2 Å². The van der Waals surface area contributed by atoms with Crippen molar-refractivity contribution in [3.05, 3.63) is 47.3 Å². The second kappa shape index (κ2) is 8.84. The molecule has 9 nitrogen and oxygen atoms in total. The number of hydrogen-bond acceptors (Lipinski definition) is 6. The van der Waals surface area contributed by atoms with Crippen LogP contribution in [0.4, 0.5) is 22.4 Å². The highest BCUT2D eigenvalue weighted by molar-refractivity contribution is 7.92. The Labute approximate surface area is 210 Å². The molecule has 0 aromatic heterocycles. The average molecular weight is 567 g/mol. The number of sulfonamides is 1. The van der Waals surface area contributed by atoms with Gasteiger partial charge >= 0.3 is 12.5 Å². The quantitative estimate of drug-likeness (QED) is 0.541. The van der Waals surface area contributed by atoms with Crippen molar-refractivity contribution >= 4 is 26.0 Å². The van der Waals surface area contributed by atoms with E-state index in [4.69, 9.17) is 5.11 Å². The van der Waals surface area contributed by atoms with E-state index in [0.29, 0.717) is 6.07 Å². The molecule has 2 aromatic carbocycles. The number of alkyl halides is 3. The van der Waals surface area contributed by atoms with Crippen molar-refractivity contribution in [1.82, 2.24) is 9.62 Å². The molecule has 0 unspecified atom stereocenters. The third-order valence-electron chi connectivity index (χ3n) is 6.52. The lowest BCUT2D eigenvalue weighted by Gasteiger charge is -2.35. The topological polar surface area (TPSA) is 130 Å². The minimum atomic E-state index is -5.30. The number of halogens is 4. The molecule has 2 aliphatic rings. The summed E-state index contributed by atoms with van der Waals surface area (Å²) in [6.07, 6.45) is -6.40. The highest BCUT2D eigenvalue weighted by Crippen LogP contribution is 2.48. The summed E-state index contributed by atoms with van der Waals surface area (Å²) in [4.78, 5) is 10.1. The maximum Gasteiger partial charge on any atom is 0.573 e. The smallest absolute Gasteiger partial charge is 0.465 e. The number of amides is 1. The first kappa shape index (κ1) is 27.1. The lowest BCUT2D eigenvalue weighted by atomic mass is 9.77. The Morgan fingerprint density at radius 1 is 1.11 bits per heavy atom. The summed E-state index contributed by atoms with van der Waals surface area (Å²) in [6.45, 7) is 3.00. The summed E-state index contributed by atoms with van der Waals surface area (Å²) in [5, 5.41) is 9.05. The Bertz CT molecular complexity index is 1480. The fraction of sp³-hybridized carbons (Fsp3) is 0.409. The summed E-state index contributed by atoms with van der Waals surface area (Å²) in [7, 11) is -9.32. The zero-order valence-electron chi connectivity index (χ0n) is 19.5. The fourth-order valence-corrected chi connectivity index (χ4v) is 8.14. The minimum Gasteiger partial charge on any atom is -0.465 e. The molecule has 1 saturated heterocycles. The van der Waals surface area contributed by atoms with Crippen LogP contribution in [0.15, 0.2) is 45.0 Å². The molecule has 1 fully saturated rings. The summed E-state index contributed by atoms with van der Waals surface area (Å²) >= 11 is 0. The van der Waals surface area contributed by atoms with Gasteiger partial charge in [0.15, 0.2) is 0 Å². The summed E-state index contributed by atoms with van der Waals surface area (Å²) in [5.74, 6) is -1.99. The van der Waals surface area contributed by atoms with Crippen molar-refractivity contribution in [2.75, 3.05) is 13.1 Å². The van der Waals surface area contributed by atoms with E-state index in [9.17, 15) is 39.2 Å². The molecule has 2 N–H and O–H groups in total. The highest BCUT2D eigenvalue weighted by Gasteiger charge is 2.44. The SMILES string of the molecule is CC1(C)c2ccc(F)cc2S(=O)(=O)c2cc(S(=O)(=O)NC3CCN(C(=O)O)CC3)c(OC(F)(F)F)cc21. The highest BCUT2D eigenvalue weighted by atomic mass is 32.2. The second-order valence-corrected chi connectivity index (χ2v) is 12.8. The Balaban J connectivity index is 1.85. The van der Waals surface area contributed by atoms with Crippen LogP contribution in [0.2, 0.25) is 0 Å². The lowest BCUT2D eigenvalue weighted by molar-refractivity contribution is -0.275. The molecule has 0 radical (unpaired) electrons. The van der Waals surface area contributed by atoms with Gasteiger partial charge in [-0.15, -0.1) is 13.2 Å². The summed E-state index contributed by atoms with van der Waals surface area (Å²) in [6, 6.07) is 3.51. The van der Waals surface area contributed by atoms with Crippen molar-refractivity contribution in [2.24, 2.45) is 0 Å². The van der Waals surface area contributed by atoms with E-state index in [1.54, 1.807) is 0 Å². The van der Waals surface area contributed by atoms with Gasteiger partial charge in [0.2, 0.25) is 19.9 Å². The number of carbonyl (C=O) groups is 1. The number of likely N-dealkylation sites (tertiary alicyclic amines) is 1. The number of fused-ring (bicyclic) bond motifs is 2. The maximum absolute atomic E-state index is 14.0. The zero-order chi connectivity index (χ0) is 27.6. The van der Waals surface area contributed by atoms with E-state index in [1.807, 2.05) is 0 Å². The molecule has 0 spiro atoms. The van der Waals surface area contributed by atoms with Crippen LogP contribution in [0.25, 0.3) is 0 Å². The van der Waals surface area contributed by atoms with Crippen molar-refractivity contribution < 1.29 is 49.0 Å². The van der Waals surface area contributed by atoms with Crippen LogP contribution in [-0.4, -0.2) is 58.4 Å². The Morgan fingerprint density at radius 2 is 1.70 bits per heavy atom. The molecular formula is C22H22F4N2O7S2. The number of rotatable bonds is 4. The number of carboxylic acid groups (broad SMARTS) is 1. The van der Waals surface area contributed by atoms with E-state index in [-0.39, 0.29) is 37.1 Å². The second-order valence-electron chi connectivity index (χ2n) is 9.28. The molecule has 0 aliphatic carbocycles. The van der Waals surface area contributed by atoms with Crippen LogP contribution in [0.5, 0.6) is 5.75 Å². The van der Waals surface area contributed by atoms with Crippen LogP contribution in [0, 0.1) is 5.82 Å². The summed E-state index contributed by atoms with van der Waals surface area (Å²) < 4.78 is 113. The van der Waals surface area contributed by atoms with Gasteiger partial charge in [-0.1, -0.05) is 19.9 Å². The van der Waals surface area contributed by atoms with Crippen molar-refractivity contribution in [2.45, 2.75) is 59.2 Å². The molecule has 37 heavy (non-hydrogen) atoms. The summed E-state index contributed by atoms with van der Waals surface area (Å²) in [5.41, 5.74) is -1.29. The first-order valence-electron chi connectivity index (χ1n) is 10.9. The monoisotopic (exact) mass is 566 g/mol. The molecule has 2 aliphatic heterocycles. The van der Waals surface area contributed by atoms with Crippen LogP contribution in [-0.2, 0) is 25.3 Å². The van der Waals surface area contributed by atoms with E-state index < -0.39 is 70.0 Å². The van der Waals surface area contributed by atoms with Gasteiger partial charge < -0.3 is 14.7 Å². The Hall–Kier alpha value is -2.91. The number of sulfone groups is 1. The first-order chi connectivity index (χ1) is 16.9. The number of piperidine rings is 1. The number of ether oxygens (including phenoxy) is 1. The predicted molar refractivity (Wildman–Crippen MR) is 120 cm³/mol. The third-order valence-corrected chi connectivity index (χ3v) is 9.89. The average Bonchev–Trinajstić information content (AvgIpc) is 2.76. The number of benzene rings is 2. The first-order valence-corrected chi connectivity index (χ1v) is 13.9. The van der Waals surface area contributed by atoms with Crippen molar-refractivity contribution in [3.63, 3.8) is 0 Å². The maximum atomic E-state index is 14.0. The van der Waals surface area contributed by atoms with Gasteiger partial charge in [0, 0.05) is 24.5 Å². The van der Waals surface area contributed by atoms with Crippen LogP contribution in [0.3, 0.4) is 0 Å². The van der Waals surface area contributed by atoms with Gasteiger partial charge in [0.05, 0.1) is 9.79 Å². The van der Waals surface area contributed by atoms with E-state index in [0.717, 1.165) is 23.1 Å². The zero-order valence-corrected chi connectivity index (χ0v) is 21.1. The van der Waals surface area contributed by atoms with Crippen molar-refractivity contribution in [3.8, 4) is 5.75 Å². The molecule has 0 bridgehead atoms. The van der Waals surface area contributed by atoms with E-state index in [1.165, 1.54) is 19.9 Å². The molecule has 2 aromatic rings. The number of hydrogen-bond donors (Lipinski definition) is 2. The van der Waals surface area contributed by atoms with Crippen LogP contribution < -0.4 is 9.46 Å². The van der Waals surface area contributed by atoms with E-state index >= 15 is 0 Å². The fourth-order valence-electron chi connectivity index (χ4n) is 4.64. The van der Waals surface area contributed by atoms with Gasteiger partial charge in [-0.2, -0.15) is 0 Å². The van der Waals surface area contributed by atoms with Gasteiger partial charge in [0.25, 0.3) is 0 Å². The third kappa shape index (κ3) is 4.99. The van der Waals surface area contributed by atoms with Crippen LogP contribution >= 0.6 is 0 Å². The molecule has 0 saturated carbocycles. The Morgan fingerprint density at radius 3 is 2.27 bits per heavy atom. The lowest BCUT2D eigenvalue weighted by Crippen LogP contribution is -2.46. The molecule has 0 atom stereocenters. The number of nitrogens with one attached hydrogen (secondary N) is 1.